The van der Waals surface area contributed by atoms with Crippen molar-refractivity contribution in [2.45, 2.75) is 25.7 Å². The van der Waals surface area contributed by atoms with Crippen LogP contribution in [0.1, 0.15) is 25.7 Å². The van der Waals surface area contributed by atoms with Gasteiger partial charge in [-0.25, -0.2) is 4.99 Å². The molecule has 0 radical (unpaired) electrons. The first-order chi connectivity index (χ1) is 7.66. The molecule has 0 N–H and O–H groups in total. The van der Waals surface area contributed by atoms with E-state index in [9.17, 15) is 4.79 Å². The second kappa shape index (κ2) is 4.91. The van der Waals surface area contributed by atoms with E-state index in [1.54, 1.807) is 4.90 Å². The molecule has 0 saturated carbocycles. The Kier molecular flexibility index (Phi) is 3.53. The van der Waals surface area contributed by atoms with E-state index >= 15 is 0 Å². The molecule has 0 bridgehead atoms. The van der Waals surface area contributed by atoms with E-state index in [0.717, 1.165) is 38.2 Å². The molecule has 0 atom stereocenters. The Morgan fingerprint density at radius 1 is 1.38 bits per heavy atom. The average Bonchev–Trinajstić information content (AvgIpc) is 2.79. The zero-order valence-electron chi connectivity index (χ0n) is 9.61. The van der Waals surface area contributed by atoms with Gasteiger partial charge in [-0.15, -0.1) is 0 Å². The van der Waals surface area contributed by atoms with E-state index in [1.165, 1.54) is 0 Å². The van der Waals surface area contributed by atoms with Crippen LogP contribution >= 0.6 is 12.2 Å². The van der Waals surface area contributed by atoms with Gasteiger partial charge in [-0.05, 0) is 12.8 Å². The summed E-state index contributed by atoms with van der Waals surface area (Å²) >= 11 is 5.23. The topological polar surface area (TPSA) is 35.9 Å². The Morgan fingerprint density at radius 2 is 2.12 bits per heavy atom. The summed E-state index contributed by atoms with van der Waals surface area (Å²) in [6.45, 7) is 2.41. The number of carbonyl (C=O) groups is 1. The Morgan fingerprint density at radius 3 is 2.69 bits per heavy atom. The molecule has 0 aromatic carbocycles. The van der Waals surface area contributed by atoms with Gasteiger partial charge in [-0.1, -0.05) is 12.2 Å². The maximum atomic E-state index is 11.4. The molecule has 2 rings (SSSR count). The average molecular weight is 239 g/mol. The van der Waals surface area contributed by atoms with Gasteiger partial charge in [0.1, 0.15) is 10.8 Å². The SMILES string of the molecule is CN1CCC/C1=N/C(=S)CN1CCCC1=O. The molecule has 0 aromatic heterocycles. The molecule has 88 valence electrons. The minimum atomic E-state index is 0.210. The van der Waals surface area contributed by atoms with Crippen molar-refractivity contribution in [2.75, 3.05) is 26.7 Å². The van der Waals surface area contributed by atoms with Gasteiger partial charge >= 0.3 is 0 Å². The lowest BCUT2D eigenvalue weighted by atomic mass is 10.4. The monoisotopic (exact) mass is 239 g/mol. The fourth-order valence-electron chi connectivity index (χ4n) is 2.15. The molecule has 0 unspecified atom stereocenters. The van der Waals surface area contributed by atoms with E-state index in [0.29, 0.717) is 18.0 Å². The zero-order chi connectivity index (χ0) is 11.5. The van der Waals surface area contributed by atoms with E-state index < -0.39 is 0 Å². The van der Waals surface area contributed by atoms with Gasteiger partial charge in [0.05, 0.1) is 6.54 Å². The Balaban J connectivity index is 1.90. The van der Waals surface area contributed by atoms with Gasteiger partial charge in [-0.3, -0.25) is 4.79 Å². The first kappa shape index (κ1) is 11.5. The number of likely N-dealkylation sites (tertiary alicyclic amines) is 2. The van der Waals surface area contributed by atoms with Gasteiger partial charge in [0.25, 0.3) is 0 Å². The van der Waals surface area contributed by atoms with Crippen LogP contribution in [0.4, 0.5) is 0 Å². The first-order valence-corrected chi connectivity index (χ1v) is 6.17. The van der Waals surface area contributed by atoms with Crippen molar-refractivity contribution < 1.29 is 4.79 Å². The Bertz CT molecular complexity index is 340. The van der Waals surface area contributed by atoms with Crippen LogP contribution < -0.4 is 0 Å². The number of nitrogens with zero attached hydrogens (tertiary/aromatic N) is 3. The van der Waals surface area contributed by atoms with Crippen LogP contribution in [-0.2, 0) is 4.79 Å². The summed E-state index contributed by atoms with van der Waals surface area (Å²) in [6, 6.07) is 0. The predicted molar refractivity (Wildman–Crippen MR) is 67.7 cm³/mol. The summed E-state index contributed by atoms with van der Waals surface area (Å²) in [7, 11) is 2.04. The molecule has 0 aliphatic carbocycles. The summed E-state index contributed by atoms with van der Waals surface area (Å²) in [4.78, 5) is 20.4. The van der Waals surface area contributed by atoms with Crippen molar-refractivity contribution in [3.63, 3.8) is 0 Å². The molecule has 2 heterocycles. The highest BCUT2D eigenvalue weighted by Gasteiger charge is 2.21. The smallest absolute Gasteiger partial charge is 0.223 e. The fourth-order valence-corrected chi connectivity index (χ4v) is 2.41. The highest BCUT2D eigenvalue weighted by Crippen LogP contribution is 2.12. The quantitative estimate of drug-likeness (QED) is 0.676. The number of amides is 1. The number of rotatable bonds is 2. The van der Waals surface area contributed by atoms with Crippen molar-refractivity contribution in [3.8, 4) is 0 Å². The minimum Gasteiger partial charge on any atom is -0.363 e. The molecule has 0 spiro atoms. The molecule has 5 heteroatoms. The third kappa shape index (κ3) is 2.58. The Hall–Kier alpha value is -0.970. The fraction of sp³-hybridized carbons (Fsp3) is 0.727. The van der Waals surface area contributed by atoms with Crippen LogP contribution in [-0.4, -0.2) is 53.2 Å². The molecule has 2 fully saturated rings. The molecular weight excluding hydrogens is 222 g/mol. The third-order valence-electron chi connectivity index (χ3n) is 3.09. The second-order valence-electron chi connectivity index (χ2n) is 4.37. The molecule has 2 saturated heterocycles. The highest BCUT2D eigenvalue weighted by molar-refractivity contribution is 7.80. The molecule has 2 aliphatic rings. The standard InChI is InChI=1S/C11H17N3OS/c1-13-6-2-4-9(13)12-10(16)8-14-7-3-5-11(14)15/h2-8H2,1H3/b12-9-. The molecule has 4 nitrogen and oxygen atoms in total. The third-order valence-corrected chi connectivity index (χ3v) is 3.31. The minimum absolute atomic E-state index is 0.210. The van der Waals surface area contributed by atoms with Gasteiger partial charge in [0, 0.05) is 33.0 Å². The number of carbonyl (C=O) groups excluding carboxylic acids is 1. The largest absolute Gasteiger partial charge is 0.363 e. The molecule has 16 heavy (non-hydrogen) atoms. The predicted octanol–water partition coefficient (Wildman–Crippen LogP) is 1.06. The van der Waals surface area contributed by atoms with Crippen molar-refractivity contribution in [1.29, 1.82) is 0 Å². The van der Waals surface area contributed by atoms with Crippen molar-refractivity contribution in [2.24, 2.45) is 4.99 Å². The summed E-state index contributed by atoms with van der Waals surface area (Å²) in [6.07, 6.45) is 3.78. The van der Waals surface area contributed by atoms with Gasteiger partial charge < -0.3 is 9.80 Å². The normalized spacial score (nSPS) is 23.6. The maximum Gasteiger partial charge on any atom is 0.223 e. The van der Waals surface area contributed by atoms with E-state index in [4.69, 9.17) is 12.2 Å². The molecular formula is C11H17N3OS. The Labute approximate surface area is 101 Å². The lowest BCUT2D eigenvalue weighted by Gasteiger charge is -2.15. The number of thiocarbonyl (C=S) groups is 1. The van der Waals surface area contributed by atoms with E-state index in [1.807, 2.05) is 7.05 Å². The number of aliphatic imine (C=N–C) groups is 1. The van der Waals surface area contributed by atoms with Crippen LogP contribution in [0.15, 0.2) is 4.99 Å². The van der Waals surface area contributed by atoms with Crippen molar-refractivity contribution >= 4 is 28.9 Å². The summed E-state index contributed by atoms with van der Waals surface area (Å²) in [5.41, 5.74) is 0. The second-order valence-corrected chi connectivity index (χ2v) is 4.84. The first-order valence-electron chi connectivity index (χ1n) is 5.76. The van der Waals surface area contributed by atoms with Crippen LogP contribution in [0.5, 0.6) is 0 Å². The van der Waals surface area contributed by atoms with Crippen molar-refractivity contribution in [3.05, 3.63) is 0 Å². The molecule has 1 amide bonds. The summed E-state index contributed by atoms with van der Waals surface area (Å²) in [5.74, 6) is 1.28. The number of hydrogen-bond donors (Lipinski definition) is 0. The lowest BCUT2D eigenvalue weighted by molar-refractivity contribution is -0.127. The van der Waals surface area contributed by atoms with Crippen LogP contribution in [0.25, 0.3) is 0 Å². The molecule has 2 aliphatic heterocycles. The van der Waals surface area contributed by atoms with Gasteiger partial charge in [0.2, 0.25) is 5.91 Å². The number of hydrogen-bond acceptors (Lipinski definition) is 2. The zero-order valence-corrected chi connectivity index (χ0v) is 10.4. The highest BCUT2D eigenvalue weighted by atomic mass is 32.1. The lowest BCUT2D eigenvalue weighted by Crippen LogP contribution is -2.30. The number of amidine groups is 1. The maximum absolute atomic E-state index is 11.4. The van der Waals surface area contributed by atoms with Gasteiger partial charge in [-0.2, -0.15) is 0 Å². The van der Waals surface area contributed by atoms with Crippen molar-refractivity contribution in [1.82, 2.24) is 9.80 Å². The molecule has 0 aromatic rings. The van der Waals surface area contributed by atoms with E-state index in [-0.39, 0.29) is 5.91 Å². The van der Waals surface area contributed by atoms with E-state index in [2.05, 4.69) is 9.89 Å². The van der Waals surface area contributed by atoms with Crippen LogP contribution in [0.2, 0.25) is 0 Å². The van der Waals surface area contributed by atoms with Crippen LogP contribution in [0, 0.1) is 0 Å². The summed E-state index contributed by atoms with van der Waals surface area (Å²) in [5, 5.41) is 0. The summed E-state index contributed by atoms with van der Waals surface area (Å²) < 4.78 is 0. The van der Waals surface area contributed by atoms with Crippen LogP contribution in [0.3, 0.4) is 0 Å². The van der Waals surface area contributed by atoms with Gasteiger partial charge in [0.15, 0.2) is 0 Å².